The van der Waals surface area contributed by atoms with Crippen LogP contribution in [-0.2, 0) is 9.59 Å². The van der Waals surface area contributed by atoms with Gasteiger partial charge in [0, 0.05) is 26.2 Å². The number of carbonyl (C=O) groups is 2. The topological polar surface area (TPSA) is 49.9 Å². The molecule has 7 heteroatoms. The van der Waals surface area contributed by atoms with Crippen molar-refractivity contribution in [2.45, 2.75) is 18.7 Å². The SMILES string of the molecule is Cc1ccc(OCC(=O)N2CCN(C(=O)C(Cl)Cl)CC2)c(C)c1. The summed E-state index contributed by atoms with van der Waals surface area (Å²) in [4.78, 5) is 26.1. The molecule has 1 aliphatic heterocycles. The molecule has 1 heterocycles. The van der Waals surface area contributed by atoms with E-state index in [1.165, 1.54) is 0 Å². The Morgan fingerprint density at radius 1 is 1.13 bits per heavy atom. The highest BCUT2D eigenvalue weighted by Gasteiger charge is 2.27. The second-order valence-electron chi connectivity index (χ2n) is 5.56. The van der Waals surface area contributed by atoms with Crippen molar-refractivity contribution in [1.82, 2.24) is 9.80 Å². The molecule has 1 aromatic carbocycles. The molecule has 2 rings (SSSR count). The minimum Gasteiger partial charge on any atom is -0.484 e. The number of alkyl halides is 2. The van der Waals surface area contributed by atoms with Gasteiger partial charge in [-0.3, -0.25) is 9.59 Å². The summed E-state index contributed by atoms with van der Waals surface area (Å²) in [6, 6.07) is 5.83. The molecule has 1 fully saturated rings. The number of nitrogens with zero attached hydrogens (tertiary/aromatic N) is 2. The molecule has 2 amide bonds. The van der Waals surface area contributed by atoms with Gasteiger partial charge < -0.3 is 14.5 Å². The van der Waals surface area contributed by atoms with Gasteiger partial charge in [-0.05, 0) is 25.5 Å². The number of ether oxygens (including phenoxy) is 1. The summed E-state index contributed by atoms with van der Waals surface area (Å²) in [7, 11) is 0. The minimum atomic E-state index is -1.05. The van der Waals surface area contributed by atoms with Gasteiger partial charge in [-0.1, -0.05) is 40.9 Å². The number of hydrogen-bond acceptors (Lipinski definition) is 3. The highest BCUT2D eigenvalue weighted by molar-refractivity contribution is 6.53. The number of halogens is 2. The second-order valence-corrected chi connectivity index (χ2v) is 6.66. The molecule has 5 nitrogen and oxygen atoms in total. The van der Waals surface area contributed by atoms with Gasteiger partial charge in [0.15, 0.2) is 11.4 Å². The molecular weight excluding hydrogens is 339 g/mol. The van der Waals surface area contributed by atoms with Gasteiger partial charge >= 0.3 is 0 Å². The van der Waals surface area contributed by atoms with Crippen LogP contribution in [0.4, 0.5) is 0 Å². The molecule has 1 saturated heterocycles. The fourth-order valence-corrected chi connectivity index (χ4v) is 2.78. The summed E-state index contributed by atoms with van der Waals surface area (Å²) in [6.07, 6.45) is 0. The Balaban J connectivity index is 1.82. The fraction of sp³-hybridized carbons (Fsp3) is 0.500. The lowest BCUT2D eigenvalue weighted by Gasteiger charge is -2.35. The van der Waals surface area contributed by atoms with Crippen molar-refractivity contribution < 1.29 is 14.3 Å². The molecule has 0 N–H and O–H groups in total. The molecule has 23 heavy (non-hydrogen) atoms. The van der Waals surface area contributed by atoms with E-state index in [1.807, 2.05) is 32.0 Å². The van der Waals surface area contributed by atoms with E-state index in [0.717, 1.165) is 11.1 Å². The number of rotatable bonds is 4. The molecule has 0 spiro atoms. The molecule has 0 aromatic heterocycles. The van der Waals surface area contributed by atoms with Gasteiger partial charge in [-0.15, -0.1) is 0 Å². The van der Waals surface area contributed by atoms with Crippen LogP contribution in [0.3, 0.4) is 0 Å². The van der Waals surface area contributed by atoms with Gasteiger partial charge in [0.05, 0.1) is 0 Å². The van der Waals surface area contributed by atoms with Crippen LogP contribution >= 0.6 is 23.2 Å². The van der Waals surface area contributed by atoms with E-state index in [9.17, 15) is 9.59 Å². The molecular formula is C16H20Cl2N2O3. The number of benzene rings is 1. The zero-order chi connectivity index (χ0) is 17.0. The molecule has 0 saturated carbocycles. The smallest absolute Gasteiger partial charge is 0.260 e. The predicted molar refractivity (Wildman–Crippen MR) is 90.1 cm³/mol. The van der Waals surface area contributed by atoms with E-state index in [4.69, 9.17) is 27.9 Å². The third kappa shape index (κ3) is 4.75. The maximum absolute atomic E-state index is 12.2. The van der Waals surface area contributed by atoms with Crippen LogP contribution in [0.25, 0.3) is 0 Å². The van der Waals surface area contributed by atoms with Crippen LogP contribution in [-0.4, -0.2) is 59.2 Å². The molecule has 0 atom stereocenters. The highest BCUT2D eigenvalue weighted by Crippen LogP contribution is 2.19. The van der Waals surface area contributed by atoms with E-state index >= 15 is 0 Å². The van der Waals surface area contributed by atoms with Gasteiger partial charge in [0.1, 0.15) is 5.75 Å². The second kappa shape index (κ2) is 7.88. The van der Waals surface area contributed by atoms with Crippen LogP contribution in [0.1, 0.15) is 11.1 Å². The molecule has 0 aliphatic carbocycles. The third-order valence-electron chi connectivity index (χ3n) is 3.81. The Bertz CT molecular complexity index is 585. The maximum atomic E-state index is 12.2. The van der Waals surface area contributed by atoms with Crippen LogP contribution in [0, 0.1) is 13.8 Å². The van der Waals surface area contributed by atoms with Crippen LogP contribution in [0.5, 0.6) is 5.75 Å². The average Bonchev–Trinajstić information content (AvgIpc) is 2.53. The first-order chi connectivity index (χ1) is 10.9. The average molecular weight is 359 g/mol. The zero-order valence-corrected chi connectivity index (χ0v) is 14.7. The first kappa shape index (κ1) is 17.9. The predicted octanol–water partition coefficient (Wildman–Crippen LogP) is 2.16. The van der Waals surface area contributed by atoms with Crippen molar-refractivity contribution in [2.24, 2.45) is 0 Å². The Kier molecular flexibility index (Phi) is 6.13. The quantitative estimate of drug-likeness (QED) is 0.775. The first-order valence-electron chi connectivity index (χ1n) is 7.43. The summed E-state index contributed by atoms with van der Waals surface area (Å²) < 4.78 is 5.61. The Hall–Kier alpha value is -1.46. The normalized spacial score (nSPS) is 15.0. The van der Waals surface area contributed by atoms with Gasteiger partial charge in [0.25, 0.3) is 11.8 Å². The molecule has 1 aliphatic rings. The lowest BCUT2D eigenvalue weighted by molar-refractivity contribution is -0.139. The Labute approximate surface area is 146 Å². The van der Waals surface area contributed by atoms with Crippen molar-refractivity contribution in [3.05, 3.63) is 29.3 Å². The number of aryl methyl sites for hydroxylation is 2. The van der Waals surface area contributed by atoms with Gasteiger partial charge in [-0.25, -0.2) is 0 Å². The molecule has 1 aromatic rings. The van der Waals surface area contributed by atoms with Crippen molar-refractivity contribution >= 4 is 35.0 Å². The maximum Gasteiger partial charge on any atom is 0.260 e. The summed E-state index contributed by atoms with van der Waals surface area (Å²) in [5.74, 6) is 0.308. The Morgan fingerprint density at radius 2 is 1.74 bits per heavy atom. The first-order valence-corrected chi connectivity index (χ1v) is 8.30. The number of piperazine rings is 1. The lowest BCUT2D eigenvalue weighted by atomic mass is 10.1. The highest BCUT2D eigenvalue weighted by atomic mass is 35.5. The number of hydrogen-bond donors (Lipinski definition) is 0. The van der Waals surface area contributed by atoms with Crippen molar-refractivity contribution in [3.63, 3.8) is 0 Å². The summed E-state index contributed by atoms with van der Waals surface area (Å²) in [5, 5.41) is 0. The number of amides is 2. The summed E-state index contributed by atoms with van der Waals surface area (Å²) in [5.41, 5.74) is 2.15. The van der Waals surface area contributed by atoms with Crippen LogP contribution in [0.2, 0.25) is 0 Å². The Morgan fingerprint density at radius 3 is 2.30 bits per heavy atom. The van der Waals surface area contributed by atoms with Crippen LogP contribution < -0.4 is 4.74 Å². The summed E-state index contributed by atoms with van der Waals surface area (Å²) >= 11 is 11.2. The van der Waals surface area contributed by atoms with Gasteiger partial charge in [-0.2, -0.15) is 0 Å². The molecule has 126 valence electrons. The van der Waals surface area contributed by atoms with E-state index in [0.29, 0.717) is 31.9 Å². The van der Waals surface area contributed by atoms with E-state index in [1.54, 1.807) is 9.80 Å². The lowest BCUT2D eigenvalue weighted by Crippen LogP contribution is -2.52. The molecule has 0 radical (unpaired) electrons. The number of carbonyl (C=O) groups excluding carboxylic acids is 2. The van der Waals surface area contributed by atoms with E-state index in [-0.39, 0.29) is 18.4 Å². The zero-order valence-electron chi connectivity index (χ0n) is 13.2. The third-order valence-corrected chi connectivity index (χ3v) is 4.19. The van der Waals surface area contributed by atoms with Gasteiger partial charge in [0.2, 0.25) is 0 Å². The van der Waals surface area contributed by atoms with E-state index < -0.39 is 4.84 Å². The van der Waals surface area contributed by atoms with Crippen molar-refractivity contribution in [3.8, 4) is 5.75 Å². The van der Waals surface area contributed by atoms with Crippen LogP contribution in [0.15, 0.2) is 18.2 Å². The molecule has 0 unspecified atom stereocenters. The largest absolute Gasteiger partial charge is 0.484 e. The monoisotopic (exact) mass is 358 g/mol. The fourth-order valence-electron chi connectivity index (χ4n) is 2.51. The van der Waals surface area contributed by atoms with E-state index in [2.05, 4.69) is 0 Å². The minimum absolute atomic E-state index is 0.00845. The summed E-state index contributed by atoms with van der Waals surface area (Å²) in [6.45, 7) is 5.74. The van der Waals surface area contributed by atoms with Crippen molar-refractivity contribution in [2.75, 3.05) is 32.8 Å². The molecule has 0 bridgehead atoms. The standard InChI is InChI=1S/C16H20Cl2N2O3/c1-11-3-4-13(12(2)9-11)23-10-14(21)19-5-7-20(8-6-19)16(22)15(17)18/h3-4,9,15H,5-8,10H2,1-2H3. The van der Waals surface area contributed by atoms with Crippen molar-refractivity contribution in [1.29, 1.82) is 0 Å².